The molecule has 0 spiro atoms. The first kappa shape index (κ1) is 14.5. The average molecular weight is 290 g/mol. The summed E-state index contributed by atoms with van der Waals surface area (Å²) in [6.45, 7) is 2.19. The van der Waals surface area contributed by atoms with Crippen LogP contribution < -0.4 is 10.1 Å². The van der Waals surface area contributed by atoms with Gasteiger partial charge >= 0.3 is 0 Å². The molecule has 0 fully saturated rings. The Labute approximate surface area is 120 Å². The van der Waals surface area contributed by atoms with E-state index in [0.717, 1.165) is 0 Å². The predicted molar refractivity (Wildman–Crippen MR) is 74.0 cm³/mol. The molecule has 8 heteroatoms. The molecule has 0 saturated carbocycles. The standard InChI is InChI=1S/C13H14N4O4/c1-2-21-10-5-3-4-9(17(19)20)12(10)13(18)16-8-11-14-6-7-15-11/h3-7H,2,8H2,1H3,(H,14,15)(H,16,18). The second-order valence-electron chi connectivity index (χ2n) is 4.06. The van der Waals surface area contributed by atoms with Crippen molar-refractivity contribution in [3.63, 3.8) is 0 Å². The minimum Gasteiger partial charge on any atom is -0.493 e. The number of nitro groups is 1. The van der Waals surface area contributed by atoms with Crippen LogP contribution in [0.1, 0.15) is 23.1 Å². The number of aromatic nitrogens is 2. The zero-order chi connectivity index (χ0) is 15.2. The van der Waals surface area contributed by atoms with Gasteiger partial charge in [0.15, 0.2) is 5.56 Å². The van der Waals surface area contributed by atoms with Crippen LogP contribution in [0.25, 0.3) is 0 Å². The molecule has 1 heterocycles. The molecular weight excluding hydrogens is 276 g/mol. The van der Waals surface area contributed by atoms with Crippen LogP contribution in [0.2, 0.25) is 0 Å². The van der Waals surface area contributed by atoms with Crippen LogP contribution >= 0.6 is 0 Å². The number of carbonyl (C=O) groups is 1. The number of ether oxygens (including phenoxy) is 1. The topological polar surface area (TPSA) is 110 Å². The Hall–Kier alpha value is -2.90. The maximum absolute atomic E-state index is 12.2. The fourth-order valence-corrected chi connectivity index (χ4v) is 1.82. The molecule has 0 unspecified atom stereocenters. The van der Waals surface area contributed by atoms with Gasteiger partial charge in [0, 0.05) is 18.5 Å². The first-order valence-electron chi connectivity index (χ1n) is 6.30. The van der Waals surface area contributed by atoms with Gasteiger partial charge in [0.1, 0.15) is 11.6 Å². The molecule has 110 valence electrons. The number of amides is 1. The fraction of sp³-hybridized carbons (Fsp3) is 0.231. The SMILES string of the molecule is CCOc1cccc([N+](=O)[O-])c1C(=O)NCc1ncc[nH]1. The Balaban J connectivity index is 2.26. The van der Waals surface area contributed by atoms with E-state index in [1.807, 2.05) is 0 Å². The van der Waals surface area contributed by atoms with E-state index >= 15 is 0 Å². The van der Waals surface area contributed by atoms with Gasteiger partial charge in [-0.3, -0.25) is 14.9 Å². The summed E-state index contributed by atoms with van der Waals surface area (Å²) in [6.07, 6.45) is 3.18. The number of nitrogens with zero attached hydrogens (tertiary/aromatic N) is 2. The Morgan fingerprint density at radius 1 is 1.52 bits per heavy atom. The molecule has 1 aromatic carbocycles. The molecule has 1 amide bonds. The second-order valence-corrected chi connectivity index (χ2v) is 4.06. The van der Waals surface area contributed by atoms with E-state index in [2.05, 4.69) is 15.3 Å². The van der Waals surface area contributed by atoms with Crippen LogP contribution in [0, 0.1) is 10.1 Å². The van der Waals surface area contributed by atoms with E-state index in [-0.39, 0.29) is 23.5 Å². The van der Waals surface area contributed by atoms with Crippen molar-refractivity contribution in [1.29, 1.82) is 0 Å². The van der Waals surface area contributed by atoms with Crippen molar-refractivity contribution in [2.45, 2.75) is 13.5 Å². The number of aromatic amines is 1. The fourth-order valence-electron chi connectivity index (χ4n) is 1.82. The smallest absolute Gasteiger partial charge is 0.285 e. The normalized spacial score (nSPS) is 10.1. The Bertz CT molecular complexity index is 640. The number of carbonyl (C=O) groups excluding carboxylic acids is 1. The molecule has 8 nitrogen and oxygen atoms in total. The second kappa shape index (κ2) is 6.51. The molecule has 2 N–H and O–H groups in total. The van der Waals surface area contributed by atoms with Crippen LogP contribution in [0.15, 0.2) is 30.6 Å². The number of H-pyrrole nitrogens is 1. The third-order valence-electron chi connectivity index (χ3n) is 2.70. The molecule has 0 atom stereocenters. The van der Waals surface area contributed by atoms with Gasteiger partial charge in [0.05, 0.1) is 18.1 Å². The Morgan fingerprint density at radius 2 is 2.33 bits per heavy atom. The summed E-state index contributed by atoms with van der Waals surface area (Å²) >= 11 is 0. The molecule has 0 aliphatic rings. The van der Waals surface area contributed by atoms with Crippen LogP contribution in [0.4, 0.5) is 5.69 Å². The molecular formula is C13H14N4O4. The minimum atomic E-state index is -0.607. The van der Waals surface area contributed by atoms with Gasteiger partial charge in [-0.05, 0) is 13.0 Å². The van der Waals surface area contributed by atoms with Gasteiger partial charge in [0.25, 0.3) is 11.6 Å². The third kappa shape index (κ3) is 3.35. The number of hydrogen-bond acceptors (Lipinski definition) is 5. The van der Waals surface area contributed by atoms with Gasteiger partial charge < -0.3 is 15.0 Å². The molecule has 0 aliphatic carbocycles. The van der Waals surface area contributed by atoms with Gasteiger partial charge in [0.2, 0.25) is 0 Å². The van der Waals surface area contributed by atoms with E-state index in [1.165, 1.54) is 18.2 Å². The molecule has 2 rings (SSSR count). The highest BCUT2D eigenvalue weighted by molar-refractivity contribution is 6.00. The van der Waals surface area contributed by atoms with Gasteiger partial charge in [-0.2, -0.15) is 0 Å². The number of hydrogen-bond donors (Lipinski definition) is 2. The first-order valence-corrected chi connectivity index (χ1v) is 6.30. The molecule has 21 heavy (non-hydrogen) atoms. The van der Waals surface area contributed by atoms with Gasteiger partial charge in [-0.1, -0.05) is 6.07 Å². The molecule has 0 bridgehead atoms. The van der Waals surface area contributed by atoms with Crippen LogP contribution in [0.3, 0.4) is 0 Å². The number of imidazole rings is 1. The molecule has 2 aromatic rings. The third-order valence-corrected chi connectivity index (χ3v) is 2.70. The summed E-state index contributed by atoms with van der Waals surface area (Å²) in [5.74, 6) is 0.158. The number of benzene rings is 1. The lowest BCUT2D eigenvalue weighted by atomic mass is 10.1. The molecule has 0 radical (unpaired) electrons. The molecule has 1 aromatic heterocycles. The first-order chi connectivity index (χ1) is 10.1. The van der Waals surface area contributed by atoms with Crippen molar-refractivity contribution in [1.82, 2.24) is 15.3 Å². The zero-order valence-electron chi connectivity index (χ0n) is 11.3. The summed E-state index contributed by atoms with van der Waals surface area (Å²) in [5, 5.41) is 13.6. The zero-order valence-corrected chi connectivity index (χ0v) is 11.3. The lowest BCUT2D eigenvalue weighted by molar-refractivity contribution is -0.385. The Kier molecular flexibility index (Phi) is 4.50. The van der Waals surface area contributed by atoms with Crippen LogP contribution in [-0.2, 0) is 6.54 Å². The van der Waals surface area contributed by atoms with Crippen LogP contribution in [0.5, 0.6) is 5.75 Å². The molecule has 0 saturated heterocycles. The van der Waals surface area contributed by atoms with Crippen molar-refractivity contribution in [2.24, 2.45) is 0 Å². The van der Waals surface area contributed by atoms with E-state index in [0.29, 0.717) is 12.4 Å². The van der Waals surface area contributed by atoms with E-state index < -0.39 is 10.8 Å². The lowest BCUT2D eigenvalue weighted by Crippen LogP contribution is -2.25. The predicted octanol–water partition coefficient (Wildman–Crippen LogP) is 1.65. The quantitative estimate of drug-likeness (QED) is 0.620. The number of nitrogens with one attached hydrogen (secondary N) is 2. The van der Waals surface area contributed by atoms with Crippen LogP contribution in [-0.4, -0.2) is 27.4 Å². The van der Waals surface area contributed by atoms with Crippen molar-refractivity contribution >= 4 is 11.6 Å². The highest BCUT2D eigenvalue weighted by Gasteiger charge is 2.24. The summed E-state index contributed by atoms with van der Waals surface area (Å²) in [5.41, 5.74) is -0.381. The number of nitro benzene ring substituents is 1. The van der Waals surface area contributed by atoms with Crippen molar-refractivity contribution in [3.05, 3.63) is 52.1 Å². The summed E-state index contributed by atoms with van der Waals surface area (Å²) in [7, 11) is 0. The highest BCUT2D eigenvalue weighted by atomic mass is 16.6. The Morgan fingerprint density at radius 3 is 2.95 bits per heavy atom. The van der Waals surface area contributed by atoms with Crippen molar-refractivity contribution in [2.75, 3.05) is 6.61 Å². The van der Waals surface area contributed by atoms with E-state index in [9.17, 15) is 14.9 Å². The highest BCUT2D eigenvalue weighted by Crippen LogP contribution is 2.28. The largest absolute Gasteiger partial charge is 0.493 e. The summed E-state index contributed by atoms with van der Waals surface area (Å²) < 4.78 is 5.30. The average Bonchev–Trinajstić information content (AvgIpc) is 2.98. The summed E-state index contributed by atoms with van der Waals surface area (Å²) in [6, 6.07) is 4.27. The lowest BCUT2D eigenvalue weighted by Gasteiger charge is -2.10. The number of rotatable bonds is 6. The minimum absolute atomic E-state index is 0.0871. The van der Waals surface area contributed by atoms with E-state index in [1.54, 1.807) is 19.3 Å². The molecule has 0 aliphatic heterocycles. The maximum Gasteiger partial charge on any atom is 0.285 e. The van der Waals surface area contributed by atoms with Crippen molar-refractivity contribution in [3.8, 4) is 5.75 Å². The van der Waals surface area contributed by atoms with Gasteiger partial charge in [-0.25, -0.2) is 4.98 Å². The van der Waals surface area contributed by atoms with E-state index in [4.69, 9.17) is 4.74 Å². The van der Waals surface area contributed by atoms with Crippen molar-refractivity contribution < 1.29 is 14.5 Å². The monoisotopic (exact) mass is 290 g/mol. The van der Waals surface area contributed by atoms with Gasteiger partial charge in [-0.15, -0.1) is 0 Å². The maximum atomic E-state index is 12.2. The summed E-state index contributed by atoms with van der Waals surface area (Å²) in [4.78, 5) is 29.5.